The summed E-state index contributed by atoms with van der Waals surface area (Å²) in [6.45, 7) is 0. The third kappa shape index (κ3) is 4.48. The van der Waals surface area contributed by atoms with Crippen LogP contribution >= 0.6 is 34.0 Å². The molecule has 0 unspecified atom stereocenters. The molecule has 6 rings (SSSR count). The number of aromatic nitrogens is 6. The fourth-order valence-electron chi connectivity index (χ4n) is 3.09. The van der Waals surface area contributed by atoms with Gasteiger partial charge in [-0.05, 0) is 52.5 Å². The van der Waals surface area contributed by atoms with Gasteiger partial charge in [-0.1, -0.05) is 18.2 Å². The van der Waals surface area contributed by atoms with E-state index < -0.39 is 7.32 Å². The van der Waals surface area contributed by atoms with Crippen LogP contribution in [-0.4, -0.2) is 37.2 Å². The fraction of sp³-hybridized carbons (Fsp3) is 0. The van der Waals surface area contributed by atoms with Gasteiger partial charge < -0.3 is 14.3 Å². The second-order valence-electron chi connectivity index (χ2n) is 6.85. The molecule has 168 valence electrons. The summed E-state index contributed by atoms with van der Waals surface area (Å²) >= 11 is 4.79. The molecule has 0 aromatic carbocycles. The topological polar surface area (TPSA) is 81.1 Å². The maximum absolute atomic E-state index is 5.85. The Morgan fingerprint density at radius 2 is 0.882 bits per heavy atom. The van der Waals surface area contributed by atoms with Gasteiger partial charge in [0.25, 0.3) is 0 Å². The zero-order valence-electron chi connectivity index (χ0n) is 17.4. The molecule has 0 radical (unpaired) electrons. The largest absolute Gasteiger partial charge is 0.929 e. The first-order chi connectivity index (χ1) is 16.8. The van der Waals surface area contributed by atoms with Crippen LogP contribution in [0.5, 0.6) is 0 Å². The van der Waals surface area contributed by atoms with Crippen molar-refractivity contribution >= 4 is 41.3 Å². The molecule has 6 aromatic rings. The molecule has 0 aliphatic rings. The maximum Gasteiger partial charge on any atom is 0.929 e. The molecule has 34 heavy (non-hydrogen) atoms. The minimum absolute atomic E-state index is 0.784. The predicted octanol–water partition coefficient (Wildman–Crippen LogP) is 4.13. The zero-order valence-corrected chi connectivity index (χ0v) is 19.8. The van der Waals surface area contributed by atoms with Crippen LogP contribution in [0.25, 0.3) is 31.7 Å². The van der Waals surface area contributed by atoms with Crippen molar-refractivity contribution in [2.24, 2.45) is 0 Å². The van der Waals surface area contributed by atoms with Crippen LogP contribution in [-0.2, 0) is 0 Å². The van der Waals surface area contributed by atoms with Gasteiger partial charge in [0, 0.05) is 0 Å². The standard InChI is InChI=1S/C21H15BN6O3S3/c1-4-19(32-13-1)16-7-10-26(23-16)29-22(30-27-11-8-17(24-27)20-5-2-14-33-20)31-28-12-9-18(25-28)21-6-3-15-34-21/h1-15H. The van der Waals surface area contributed by atoms with Gasteiger partial charge in [0.2, 0.25) is 0 Å². The Hall–Kier alpha value is -3.81. The van der Waals surface area contributed by atoms with E-state index in [1.807, 2.05) is 70.7 Å². The van der Waals surface area contributed by atoms with Crippen LogP contribution in [0.3, 0.4) is 0 Å². The quantitative estimate of drug-likeness (QED) is 0.275. The van der Waals surface area contributed by atoms with Crippen molar-refractivity contribution in [3.8, 4) is 31.7 Å². The Balaban J connectivity index is 1.23. The highest BCUT2D eigenvalue weighted by Gasteiger charge is 2.35. The van der Waals surface area contributed by atoms with E-state index in [0.717, 1.165) is 31.7 Å². The molecule has 0 aliphatic carbocycles. The van der Waals surface area contributed by atoms with Gasteiger partial charge in [0.05, 0.1) is 33.2 Å². The first kappa shape index (κ1) is 20.8. The summed E-state index contributed by atoms with van der Waals surface area (Å²) in [4.78, 5) is 6.98. The molecular weight excluding hydrogens is 491 g/mol. The molecule has 0 N–H and O–H groups in total. The molecule has 0 spiro atoms. The number of hydrogen-bond donors (Lipinski definition) is 0. The highest BCUT2D eigenvalue weighted by Crippen LogP contribution is 2.24. The van der Waals surface area contributed by atoms with Crippen molar-refractivity contribution in [2.75, 3.05) is 0 Å². The van der Waals surface area contributed by atoms with E-state index in [1.165, 1.54) is 14.5 Å². The van der Waals surface area contributed by atoms with Crippen LogP contribution < -0.4 is 14.3 Å². The summed E-state index contributed by atoms with van der Waals surface area (Å²) in [5.41, 5.74) is 2.35. The Bertz CT molecular complexity index is 1280. The molecule has 6 heterocycles. The molecule has 0 atom stereocenters. The predicted molar refractivity (Wildman–Crippen MR) is 132 cm³/mol. The lowest BCUT2D eigenvalue weighted by Gasteiger charge is -2.13. The highest BCUT2D eigenvalue weighted by atomic mass is 32.1. The lowest BCUT2D eigenvalue weighted by atomic mass is 10.3. The summed E-state index contributed by atoms with van der Waals surface area (Å²) in [5.74, 6) is 0. The summed E-state index contributed by atoms with van der Waals surface area (Å²) < 4.78 is 17.6. The normalized spacial score (nSPS) is 10.9. The van der Waals surface area contributed by atoms with E-state index in [-0.39, 0.29) is 0 Å². The van der Waals surface area contributed by atoms with Crippen molar-refractivity contribution in [1.82, 2.24) is 29.8 Å². The minimum Gasteiger partial charge on any atom is -0.380 e. The Kier molecular flexibility index (Phi) is 5.63. The van der Waals surface area contributed by atoms with E-state index in [4.69, 9.17) is 14.3 Å². The van der Waals surface area contributed by atoms with Crippen LogP contribution in [0.1, 0.15) is 0 Å². The van der Waals surface area contributed by atoms with E-state index in [9.17, 15) is 0 Å². The van der Waals surface area contributed by atoms with Crippen molar-refractivity contribution in [2.45, 2.75) is 0 Å². The number of hydrogen-bond acceptors (Lipinski definition) is 9. The lowest BCUT2D eigenvalue weighted by molar-refractivity contribution is 0.0407. The molecule has 0 fully saturated rings. The molecular formula is C21H15BN6O3S3. The van der Waals surface area contributed by atoms with Gasteiger partial charge in [0.1, 0.15) is 17.1 Å². The average Bonchev–Trinajstić information content (AvgIpc) is 3.65. The molecule has 0 saturated heterocycles. The third-order valence-electron chi connectivity index (χ3n) is 4.60. The van der Waals surface area contributed by atoms with E-state index in [0.29, 0.717) is 0 Å². The van der Waals surface area contributed by atoms with Crippen molar-refractivity contribution < 1.29 is 14.3 Å². The van der Waals surface area contributed by atoms with Crippen LogP contribution in [0, 0.1) is 0 Å². The average molecular weight is 506 g/mol. The fourth-order valence-corrected chi connectivity index (χ4v) is 5.16. The second-order valence-corrected chi connectivity index (χ2v) is 9.69. The molecule has 0 saturated carbocycles. The summed E-state index contributed by atoms with van der Waals surface area (Å²) in [6, 6.07) is 17.5. The maximum atomic E-state index is 5.85. The minimum atomic E-state index is -1.23. The number of rotatable bonds is 9. The zero-order chi connectivity index (χ0) is 22.7. The van der Waals surface area contributed by atoms with Crippen molar-refractivity contribution in [3.05, 3.63) is 89.3 Å². The monoisotopic (exact) mass is 506 g/mol. The van der Waals surface area contributed by atoms with E-state index in [2.05, 4.69) is 15.3 Å². The lowest BCUT2D eigenvalue weighted by Crippen LogP contribution is -2.49. The SMILES string of the molecule is c1csc(-c2ccn(OB(On3ccc(-c4cccs4)n3)On3ccc(-c4cccs4)n3)n2)c1. The molecule has 0 amide bonds. The Morgan fingerprint density at radius 3 is 1.18 bits per heavy atom. The van der Waals surface area contributed by atoms with Crippen LogP contribution in [0.2, 0.25) is 0 Å². The van der Waals surface area contributed by atoms with Gasteiger partial charge >= 0.3 is 7.32 Å². The number of nitrogens with zero attached hydrogens (tertiary/aromatic N) is 6. The molecule has 0 aliphatic heterocycles. The highest BCUT2D eigenvalue weighted by molar-refractivity contribution is 7.14. The third-order valence-corrected chi connectivity index (χ3v) is 7.28. The van der Waals surface area contributed by atoms with Gasteiger partial charge in [0.15, 0.2) is 0 Å². The molecule has 6 aromatic heterocycles. The summed E-state index contributed by atoms with van der Waals surface area (Å²) in [6.07, 6.45) is 5.07. The second kappa shape index (κ2) is 9.21. The van der Waals surface area contributed by atoms with Gasteiger partial charge in [-0.2, -0.15) is 0 Å². The van der Waals surface area contributed by atoms with Gasteiger partial charge in [-0.3, -0.25) is 0 Å². The molecule has 0 bridgehead atoms. The molecule has 13 heteroatoms. The summed E-state index contributed by atoms with van der Waals surface area (Å²) in [5, 5.41) is 19.4. The van der Waals surface area contributed by atoms with Crippen molar-refractivity contribution in [1.29, 1.82) is 0 Å². The Labute approximate surface area is 206 Å². The first-order valence-corrected chi connectivity index (χ1v) is 12.7. The van der Waals surface area contributed by atoms with Crippen LogP contribution in [0.4, 0.5) is 0 Å². The van der Waals surface area contributed by atoms with Crippen LogP contribution in [0.15, 0.2) is 89.3 Å². The number of thiophene rings is 3. The summed E-state index contributed by atoms with van der Waals surface area (Å²) in [7, 11) is -1.23. The van der Waals surface area contributed by atoms with E-state index >= 15 is 0 Å². The van der Waals surface area contributed by atoms with E-state index in [1.54, 1.807) is 52.6 Å². The smallest absolute Gasteiger partial charge is 0.380 e. The molecule has 9 nitrogen and oxygen atoms in total. The van der Waals surface area contributed by atoms with Gasteiger partial charge in [-0.25, -0.2) is 0 Å². The Morgan fingerprint density at radius 1 is 0.529 bits per heavy atom. The first-order valence-electron chi connectivity index (χ1n) is 10.1. The van der Waals surface area contributed by atoms with Crippen molar-refractivity contribution in [3.63, 3.8) is 0 Å². The van der Waals surface area contributed by atoms with Gasteiger partial charge in [-0.15, -0.1) is 63.8 Å².